The van der Waals surface area contributed by atoms with Crippen LogP contribution >= 0.6 is 0 Å². The predicted octanol–water partition coefficient (Wildman–Crippen LogP) is 3.88. The molecule has 0 atom stereocenters. The molecule has 0 spiro atoms. The molecule has 4 aromatic rings. The molecule has 184 valence electrons. The fourth-order valence-electron chi connectivity index (χ4n) is 3.99. The minimum atomic E-state index is -0.218. The topological polar surface area (TPSA) is 98.2 Å². The van der Waals surface area contributed by atoms with Gasteiger partial charge in [0.05, 0.1) is 31.8 Å². The van der Waals surface area contributed by atoms with Gasteiger partial charge in [-0.3, -0.25) is 9.69 Å². The van der Waals surface area contributed by atoms with E-state index >= 15 is 0 Å². The molecule has 2 aromatic heterocycles. The lowest BCUT2D eigenvalue weighted by Gasteiger charge is -2.27. The molecule has 2 aromatic carbocycles. The monoisotopic (exact) mass is 476 g/mol. The molecular formula is C26H32N6O3. The van der Waals surface area contributed by atoms with E-state index in [2.05, 4.69) is 46.2 Å². The third kappa shape index (κ3) is 5.51. The highest BCUT2D eigenvalue weighted by Gasteiger charge is 2.25. The standard InChI is InChI=1S/C26H32N6O3/c1-6-26(2,3)32-24(28-29-30-32)17-31(15-18-7-10-21(34-4)11-8-18)16-20-13-19-9-12-22(35-5)14-23(19)27-25(20)33/h7-14H,6,15-17H2,1-5H3,(H,27,33). The lowest BCUT2D eigenvalue weighted by Crippen LogP contribution is -2.32. The third-order valence-corrected chi connectivity index (χ3v) is 6.43. The number of hydrogen-bond acceptors (Lipinski definition) is 7. The maximum absolute atomic E-state index is 13.0. The molecule has 9 nitrogen and oxygen atoms in total. The van der Waals surface area contributed by atoms with E-state index in [1.807, 2.05) is 53.2 Å². The summed E-state index contributed by atoms with van der Waals surface area (Å²) in [7, 11) is 3.26. The van der Waals surface area contributed by atoms with Crippen LogP contribution in [0.5, 0.6) is 11.5 Å². The highest BCUT2D eigenvalue weighted by atomic mass is 16.5. The number of H-pyrrole nitrogens is 1. The second kappa shape index (κ2) is 10.3. The van der Waals surface area contributed by atoms with Crippen molar-refractivity contribution in [2.24, 2.45) is 0 Å². The van der Waals surface area contributed by atoms with Crippen LogP contribution < -0.4 is 15.0 Å². The summed E-state index contributed by atoms with van der Waals surface area (Å²) in [5.74, 6) is 2.26. The van der Waals surface area contributed by atoms with Crippen LogP contribution in [-0.4, -0.2) is 44.3 Å². The van der Waals surface area contributed by atoms with Crippen molar-refractivity contribution < 1.29 is 9.47 Å². The zero-order valence-electron chi connectivity index (χ0n) is 20.9. The molecule has 0 aliphatic rings. The first-order chi connectivity index (χ1) is 16.8. The third-order valence-electron chi connectivity index (χ3n) is 6.43. The number of aromatic amines is 1. The average molecular weight is 477 g/mol. The van der Waals surface area contributed by atoms with Gasteiger partial charge in [0.25, 0.3) is 5.56 Å². The van der Waals surface area contributed by atoms with Gasteiger partial charge < -0.3 is 14.5 Å². The fraction of sp³-hybridized carbons (Fsp3) is 0.385. The Bertz CT molecular complexity index is 1340. The van der Waals surface area contributed by atoms with Gasteiger partial charge in [0, 0.05) is 24.7 Å². The number of aromatic nitrogens is 5. The number of pyridine rings is 1. The Morgan fingerprint density at radius 1 is 0.971 bits per heavy atom. The molecule has 0 saturated heterocycles. The van der Waals surface area contributed by atoms with E-state index in [-0.39, 0.29) is 11.1 Å². The van der Waals surface area contributed by atoms with Crippen LogP contribution in [0.2, 0.25) is 0 Å². The smallest absolute Gasteiger partial charge is 0.252 e. The number of nitrogens with one attached hydrogen (secondary N) is 1. The van der Waals surface area contributed by atoms with Crippen molar-refractivity contribution in [3.63, 3.8) is 0 Å². The van der Waals surface area contributed by atoms with Crippen LogP contribution in [0.4, 0.5) is 0 Å². The molecular weight excluding hydrogens is 444 g/mol. The van der Waals surface area contributed by atoms with Crippen molar-refractivity contribution in [2.75, 3.05) is 14.2 Å². The van der Waals surface area contributed by atoms with E-state index in [1.165, 1.54) is 0 Å². The Kier molecular flexibility index (Phi) is 7.16. The highest BCUT2D eigenvalue weighted by molar-refractivity contribution is 5.80. The summed E-state index contributed by atoms with van der Waals surface area (Å²) >= 11 is 0. The Labute approximate surface area is 204 Å². The maximum atomic E-state index is 13.0. The average Bonchev–Trinajstić information content (AvgIpc) is 3.33. The van der Waals surface area contributed by atoms with Gasteiger partial charge in [-0.2, -0.15) is 0 Å². The number of ether oxygens (including phenoxy) is 2. The van der Waals surface area contributed by atoms with Gasteiger partial charge in [0.1, 0.15) is 11.5 Å². The summed E-state index contributed by atoms with van der Waals surface area (Å²) in [5, 5.41) is 13.5. The molecule has 35 heavy (non-hydrogen) atoms. The lowest BCUT2D eigenvalue weighted by atomic mass is 10.0. The Morgan fingerprint density at radius 2 is 1.69 bits per heavy atom. The van der Waals surface area contributed by atoms with E-state index in [0.29, 0.717) is 30.9 Å². The van der Waals surface area contributed by atoms with Crippen LogP contribution in [0.1, 0.15) is 44.1 Å². The minimum Gasteiger partial charge on any atom is -0.497 e. The first-order valence-electron chi connectivity index (χ1n) is 11.7. The van der Waals surface area contributed by atoms with Crippen molar-refractivity contribution >= 4 is 10.9 Å². The Hall–Kier alpha value is -3.72. The highest BCUT2D eigenvalue weighted by Crippen LogP contribution is 2.23. The molecule has 0 aliphatic heterocycles. The largest absolute Gasteiger partial charge is 0.497 e. The van der Waals surface area contributed by atoms with Crippen molar-refractivity contribution in [1.29, 1.82) is 0 Å². The first kappa shape index (κ1) is 24.4. The van der Waals surface area contributed by atoms with Crippen LogP contribution in [-0.2, 0) is 25.2 Å². The SMILES string of the molecule is CCC(C)(C)n1nnnc1CN(Cc1ccc(OC)cc1)Cc1cc2ccc(OC)cc2[nH]c1=O. The fourth-order valence-corrected chi connectivity index (χ4v) is 3.99. The summed E-state index contributed by atoms with van der Waals surface area (Å²) in [6.45, 7) is 7.88. The molecule has 0 amide bonds. The van der Waals surface area contributed by atoms with Crippen LogP contribution in [0.15, 0.2) is 53.3 Å². The molecule has 0 radical (unpaired) electrons. The minimum absolute atomic E-state index is 0.126. The summed E-state index contributed by atoms with van der Waals surface area (Å²) in [6, 6.07) is 15.5. The van der Waals surface area contributed by atoms with Gasteiger partial charge in [-0.25, -0.2) is 4.68 Å². The van der Waals surface area contributed by atoms with Gasteiger partial charge in [-0.1, -0.05) is 19.1 Å². The van der Waals surface area contributed by atoms with Gasteiger partial charge in [0.2, 0.25) is 0 Å². The summed E-state index contributed by atoms with van der Waals surface area (Å²) < 4.78 is 12.5. The molecule has 2 heterocycles. The molecule has 0 saturated carbocycles. The summed E-state index contributed by atoms with van der Waals surface area (Å²) in [4.78, 5) is 18.2. The Balaban J connectivity index is 1.67. The van der Waals surface area contributed by atoms with Crippen LogP contribution in [0.3, 0.4) is 0 Å². The zero-order chi connectivity index (χ0) is 25.0. The molecule has 0 fully saturated rings. The van der Waals surface area contributed by atoms with Gasteiger partial charge >= 0.3 is 0 Å². The second-order valence-corrected chi connectivity index (χ2v) is 9.24. The van der Waals surface area contributed by atoms with Gasteiger partial charge in [0.15, 0.2) is 5.82 Å². The Morgan fingerprint density at radius 3 is 2.37 bits per heavy atom. The number of fused-ring (bicyclic) bond motifs is 1. The predicted molar refractivity (Wildman–Crippen MR) is 134 cm³/mol. The van der Waals surface area contributed by atoms with Crippen molar-refractivity contribution in [1.82, 2.24) is 30.1 Å². The van der Waals surface area contributed by atoms with E-state index in [1.54, 1.807) is 14.2 Å². The van der Waals surface area contributed by atoms with E-state index < -0.39 is 0 Å². The van der Waals surface area contributed by atoms with Gasteiger partial charge in [-0.15, -0.1) is 5.10 Å². The van der Waals surface area contributed by atoms with Crippen molar-refractivity contribution in [3.05, 3.63) is 75.8 Å². The molecule has 1 N–H and O–H groups in total. The van der Waals surface area contributed by atoms with E-state index in [9.17, 15) is 4.79 Å². The number of hydrogen-bond donors (Lipinski definition) is 1. The van der Waals surface area contributed by atoms with Gasteiger partial charge in [-0.05, 0) is 72.0 Å². The molecule has 4 rings (SSSR count). The van der Waals surface area contributed by atoms with Crippen LogP contribution in [0.25, 0.3) is 10.9 Å². The summed E-state index contributed by atoms with van der Waals surface area (Å²) in [6.07, 6.45) is 0.886. The van der Waals surface area contributed by atoms with Crippen LogP contribution in [0, 0.1) is 0 Å². The normalized spacial score (nSPS) is 11.8. The maximum Gasteiger partial charge on any atom is 0.252 e. The molecule has 0 bridgehead atoms. The first-order valence-corrected chi connectivity index (χ1v) is 11.7. The molecule has 0 unspecified atom stereocenters. The summed E-state index contributed by atoms with van der Waals surface area (Å²) in [5.41, 5.74) is 2.17. The van der Waals surface area contributed by atoms with Crippen molar-refractivity contribution in [3.8, 4) is 11.5 Å². The molecule has 0 aliphatic carbocycles. The second-order valence-electron chi connectivity index (χ2n) is 9.24. The lowest BCUT2D eigenvalue weighted by molar-refractivity contribution is 0.217. The zero-order valence-corrected chi connectivity index (χ0v) is 20.9. The van der Waals surface area contributed by atoms with Crippen molar-refractivity contribution in [2.45, 2.75) is 52.4 Å². The number of benzene rings is 2. The quantitative estimate of drug-likeness (QED) is 0.371. The number of nitrogens with zero attached hydrogens (tertiary/aromatic N) is 5. The number of tetrazole rings is 1. The van der Waals surface area contributed by atoms with E-state index in [0.717, 1.165) is 34.5 Å². The van der Waals surface area contributed by atoms with E-state index in [4.69, 9.17) is 9.47 Å². The number of rotatable bonds is 10. The molecule has 9 heteroatoms. The number of methoxy groups -OCH3 is 2.